The molecule has 0 amide bonds. The maximum Gasteiger partial charge on any atom is 0.191 e. The lowest BCUT2D eigenvalue weighted by Gasteiger charge is -2.32. The third-order valence-corrected chi connectivity index (χ3v) is 21.7. The lowest BCUT2D eigenvalue weighted by molar-refractivity contribution is 0.577. The highest BCUT2D eigenvalue weighted by atomic mass is 28.4. The first-order valence-corrected chi connectivity index (χ1v) is 21.7. The highest BCUT2D eigenvalue weighted by Crippen LogP contribution is 2.22. The van der Waals surface area contributed by atoms with Crippen LogP contribution in [-0.4, -0.2) is 42.8 Å². The van der Waals surface area contributed by atoms with Crippen molar-refractivity contribution in [3.05, 3.63) is 0 Å². The standard InChI is InChI=1S/C12H34O2Si5/c1-15(13-17(3,4)5)11-19(9,10)12-16(2)14-18(6,7)8/h11-12H2,1-10H3. The topological polar surface area (TPSA) is 18.5 Å². The maximum absolute atomic E-state index is 6.31. The highest BCUT2D eigenvalue weighted by Gasteiger charge is 2.32. The van der Waals surface area contributed by atoms with Gasteiger partial charge in [-0.2, -0.15) is 0 Å². The van der Waals surface area contributed by atoms with Crippen molar-refractivity contribution in [2.45, 2.75) is 76.8 Å². The van der Waals surface area contributed by atoms with E-state index in [4.69, 9.17) is 8.23 Å². The summed E-state index contributed by atoms with van der Waals surface area (Å²) in [6.07, 6.45) is 0. The van der Waals surface area contributed by atoms with E-state index >= 15 is 0 Å². The van der Waals surface area contributed by atoms with E-state index < -0.39 is 42.8 Å². The predicted molar refractivity (Wildman–Crippen MR) is 99.2 cm³/mol. The third-order valence-electron chi connectivity index (χ3n) is 2.42. The molecular formula is C12H34O2Si5. The van der Waals surface area contributed by atoms with Crippen molar-refractivity contribution in [2.75, 3.05) is 0 Å². The average molecular weight is 351 g/mol. The summed E-state index contributed by atoms with van der Waals surface area (Å²) in [6, 6.07) is 0. The molecule has 0 aliphatic heterocycles. The van der Waals surface area contributed by atoms with Crippen LogP contribution in [0.5, 0.6) is 0 Å². The van der Waals surface area contributed by atoms with Crippen molar-refractivity contribution in [1.82, 2.24) is 0 Å². The number of rotatable bonds is 8. The smallest absolute Gasteiger partial charge is 0.191 e. The quantitative estimate of drug-likeness (QED) is 0.590. The molecule has 0 spiro atoms. The molecule has 7 heteroatoms. The SMILES string of the molecule is C[Si](C[Si](C)(C)C[Si](C)O[Si](C)(C)C)O[Si](C)(C)C. The highest BCUT2D eigenvalue weighted by molar-refractivity contribution is 6.95. The minimum atomic E-state index is -1.35. The van der Waals surface area contributed by atoms with E-state index in [-0.39, 0.29) is 0 Å². The molecule has 114 valence electrons. The molecule has 2 radical (unpaired) electrons. The zero-order chi connectivity index (χ0) is 15.5. The zero-order valence-corrected chi connectivity index (χ0v) is 19.7. The van der Waals surface area contributed by atoms with Gasteiger partial charge in [-0.1, -0.05) is 13.1 Å². The summed E-state index contributed by atoms with van der Waals surface area (Å²) in [5.74, 6) is 0. The van der Waals surface area contributed by atoms with Gasteiger partial charge in [0.05, 0.1) is 0 Å². The molecule has 0 N–H and O–H groups in total. The van der Waals surface area contributed by atoms with Crippen LogP contribution in [0.2, 0.25) is 76.8 Å². The first kappa shape index (κ1) is 20.0. The van der Waals surface area contributed by atoms with Gasteiger partial charge < -0.3 is 8.23 Å². The monoisotopic (exact) mass is 350 g/mol. The van der Waals surface area contributed by atoms with E-state index in [0.29, 0.717) is 0 Å². The molecule has 0 aliphatic carbocycles. The van der Waals surface area contributed by atoms with Crippen LogP contribution in [0.15, 0.2) is 0 Å². The van der Waals surface area contributed by atoms with E-state index in [1.165, 1.54) is 11.3 Å². The van der Waals surface area contributed by atoms with Crippen molar-refractivity contribution in [1.29, 1.82) is 0 Å². The van der Waals surface area contributed by atoms with Crippen molar-refractivity contribution in [2.24, 2.45) is 0 Å². The van der Waals surface area contributed by atoms with Gasteiger partial charge in [-0.25, -0.2) is 0 Å². The van der Waals surface area contributed by atoms with Crippen LogP contribution in [0.4, 0.5) is 0 Å². The van der Waals surface area contributed by atoms with Crippen molar-refractivity contribution in [3.63, 3.8) is 0 Å². The summed E-state index contributed by atoms with van der Waals surface area (Å²) in [4.78, 5) is 0. The van der Waals surface area contributed by atoms with E-state index in [0.717, 1.165) is 0 Å². The fourth-order valence-electron chi connectivity index (χ4n) is 2.53. The summed E-state index contributed by atoms with van der Waals surface area (Å²) in [5, 5.41) is 0. The first-order valence-electron chi connectivity index (χ1n) is 7.23. The molecule has 0 aliphatic rings. The van der Waals surface area contributed by atoms with E-state index in [1.807, 2.05) is 0 Å². The summed E-state index contributed by atoms with van der Waals surface area (Å²) in [5.41, 5.74) is 2.75. The molecule has 0 fully saturated rings. The van der Waals surface area contributed by atoms with Crippen LogP contribution < -0.4 is 0 Å². The molecule has 0 saturated carbocycles. The summed E-state index contributed by atoms with van der Waals surface area (Å²) < 4.78 is 12.6. The molecule has 0 saturated heterocycles. The Labute approximate surface area is 128 Å². The van der Waals surface area contributed by atoms with Crippen LogP contribution in [-0.2, 0) is 8.23 Å². The van der Waals surface area contributed by atoms with Gasteiger partial charge in [0.2, 0.25) is 0 Å². The van der Waals surface area contributed by atoms with Crippen molar-refractivity contribution in [3.8, 4) is 0 Å². The van der Waals surface area contributed by atoms with Gasteiger partial charge in [0.15, 0.2) is 34.7 Å². The summed E-state index contributed by atoms with van der Waals surface area (Å²) in [7, 11) is -5.03. The molecule has 19 heavy (non-hydrogen) atoms. The lowest BCUT2D eigenvalue weighted by Crippen LogP contribution is -2.43. The second-order valence-corrected chi connectivity index (χ2v) is 28.4. The second kappa shape index (κ2) is 7.32. The molecule has 0 aromatic heterocycles. The minimum absolute atomic E-state index is 0.597. The first-order chi connectivity index (χ1) is 8.20. The molecule has 0 atom stereocenters. The second-order valence-electron chi connectivity index (χ2n) is 8.35. The van der Waals surface area contributed by atoms with Gasteiger partial charge in [-0.15, -0.1) is 0 Å². The Morgan fingerprint density at radius 3 is 1.11 bits per heavy atom. The van der Waals surface area contributed by atoms with E-state index in [1.54, 1.807) is 0 Å². The van der Waals surface area contributed by atoms with Gasteiger partial charge in [0.1, 0.15) is 0 Å². The van der Waals surface area contributed by atoms with Crippen LogP contribution in [0.1, 0.15) is 0 Å². The van der Waals surface area contributed by atoms with Gasteiger partial charge in [0.25, 0.3) is 0 Å². The minimum Gasteiger partial charge on any atom is -0.456 e. The molecule has 0 heterocycles. The normalized spacial score (nSPS) is 14.5. The Hall–Kier alpha value is 1.00. The summed E-state index contributed by atoms with van der Waals surface area (Å²) in [6.45, 7) is 23.6. The Bertz CT molecular complexity index is 244. The van der Waals surface area contributed by atoms with Crippen molar-refractivity contribution < 1.29 is 8.23 Å². The molecule has 0 unspecified atom stereocenters. The largest absolute Gasteiger partial charge is 0.456 e. The van der Waals surface area contributed by atoms with Gasteiger partial charge in [-0.05, 0) is 63.7 Å². The van der Waals surface area contributed by atoms with Gasteiger partial charge in [0, 0.05) is 8.07 Å². The molecule has 0 aromatic rings. The van der Waals surface area contributed by atoms with Crippen LogP contribution in [0, 0.1) is 0 Å². The molecular weight excluding hydrogens is 317 g/mol. The third kappa shape index (κ3) is 12.5. The molecule has 0 aromatic carbocycles. The predicted octanol–water partition coefficient (Wildman–Crippen LogP) is 4.72. The van der Waals surface area contributed by atoms with Crippen LogP contribution in [0.25, 0.3) is 0 Å². The fourth-order valence-corrected chi connectivity index (χ4v) is 25.2. The lowest BCUT2D eigenvalue weighted by atomic mass is 11.7. The Morgan fingerprint density at radius 1 is 0.632 bits per heavy atom. The average Bonchev–Trinajstić information content (AvgIpc) is 1.89. The van der Waals surface area contributed by atoms with Crippen molar-refractivity contribution >= 4 is 42.8 Å². The summed E-state index contributed by atoms with van der Waals surface area (Å²) >= 11 is 0. The Balaban J connectivity index is 4.31. The van der Waals surface area contributed by atoms with Crippen LogP contribution >= 0.6 is 0 Å². The fraction of sp³-hybridized carbons (Fsp3) is 1.00. The van der Waals surface area contributed by atoms with E-state index in [9.17, 15) is 0 Å². The maximum atomic E-state index is 6.31. The number of hydrogen-bond donors (Lipinski definition) is 0. The van der Waals surface area contributed by atoms with Crippen LogP contribution in [0.3, 0.4) is 0 Å². The Kier molecular flexibility index (Phi) is 7.71. The molecule has 0 rings (SSSR count). The van der Waals surface area contributed by atoms with Gasteiger partial charge >= 0.3 is 0 Å². The van der Waals surface area contributed by atoms with Gasteiger partial charge in [-0.3, -0.25) is 0 Å². The zero-order valence-electron chi connectivity index (χ0n) is 14.7. The molecule has 2 nitrogen and oxygen atoms in total. The molecule has 0 bridgehead atoms. The van der Waals surface area contributed by atoms with E-state index in [2.05, 4.69) is 65.5 Å². The Morgan fingerprint density at radius 2 is 0.895 bits per heavy atom. The number of hydrogen-bond acceptors (Lipinski definition) is 2.